The fraction of sp³-hybridized carbons (Fsp3) is 0.364. The van der Waals surface area contributed by atoms with E-state index in [0.717, 1.165) is 11.1 Å². The second kappa shape index (κ2) is 3.81. The SMILES string of the molecule is O=C(O)C(F)C1CCc2cc(Cl)ccc21. The lowest BCUT2D eigenvalue weighted by atomic mass is 9.96. The fourth-order valence-corrected chi connectivity index (χ4v) is 2.29. The maximum atomic E-state index is 13.4. The third-order valence-electron chi connectivity index (χ3n) is 2.82. The number of rotatable bonds is 2. The molecule has 1 aromatic rings. The molecule has 2 rings (SSSR count). The van der Waals surface area contributed by atoms with Gasteiger partial charge in [0.25, 0.3) is 0 Å². The Morgan fingerprint density at radius 2 is 2.33 bits per heavy atom. The highest BCUT2D eigenvalue weighted by Crippen LogP contribution is 2.37. The Balaban J connectivity index is 2.32. The van der Waals surface area contributed by atoms with E-state index in [4.69, 9.17) is 16.7 Å². The Kier molecular flexibility index (Phi) is 2.65. The smallest absolute Gasteiger partial charge is 0.338 e. The third kappa shape index (κ3) is 1.84. The number of benzene rings is 1. The van der Waals surface area contributed by atoms with Gasteiger partial charge in [-0.1, -0.05) is 17.7 Å². The highest BCUT2D eigenvalue weighted by Gasteiger charge is 2.34. The number of carbonyl (C=O) groups is 1. The van der Waals surface area contributed by atoms with E-state index in [-0.39, 0.29) is 0 Å². The molecular formula is C11H10ClFO2. The van der Waals surface area contributed by atoms with Crippen molar-refractivity contribution in [1.29, 1.82) is 0 Å². The molecule has 1 aliphatic carbocycles. The van der Waals surface area contributed by atoms with Crippen LogP contribution in [0.1, 0.15) is 23.5 Å². The Labute approximate surface area is 91.7 Å². The number of hydrogen-bond donors (Lipinski definition) is 1. The van der Waals surface area contributed by atoms with Crippen LogP contribution in [-0.4, -0.2) is 17.2 Å². The standard InChI is InChI=1S/C11H10ClFO2/c12-7-2-4-8-6(5-7)1-3-9(8)10(13)11(14)15/h2,4-5,9-10H,1,3H2,(H,14,15). The molecule has 1 aromatic carbocycles. The van der Waals surface area contributed by atoms with E-state index in [1.165, 1.54) is 0 Å². The number of halogens is 2. The summed E-state index contributed by atoms with van der Waals surface area (Å²) in [4.78, 5) is 10.6. The van der Waals surface area contributed by atoms with Crippen LogP contribution in [0.2, 0.25) is 5.02 Å². The van der Waals surface area contributed by atoms with Gasteiger partial charge in [-0.25, -0.2) is 9.18 Å². The first-order valence-electron chi connectivity index (χ1n) is 4.75. The average molecular weight is 229 g/mol. The van der Waals surface area contributed by atoms with Gasteiger partial charge in [0.2, 0.25) is 6.17 Å². The van der Waals surface area contributed by atoms with Gasteiger partial charge in [0, 0.05) is 10.9 Å². The van der Waals surface area contributed by atoms with Crippen LogP contribution in [0.5, 0.6) is 0 Å². The van der Waals surface area contributed by atoms with E-state index in [1.54, 1.807) is 18.2 Å². The molecule has 0 saturated carbocycles. The van der Waals surface area contributed by atoms with Crippen LogP contribution in [-0.2, 0) is 11.2 Å². The minimum absolute atomic E-state index is 0.519. The van der Waals surface area contributed by atoms with Gasteiger partial charge < -0.3 is 5.11 Å². The van der Waals surface area contributed by atoms with Crippen molar-refractivity contribution >= 4 is 17.6 Å². The Hall–Kier alpha value is -1.09. The Morgan fingerprint density at radius 1 is 1.60 bits per heavy atom. The van der Waals surface area contributed by atoms with Gasteiger partial charge in [0.05, 0.1) is 0 Å². The molecule has 0 heterocycles. The zero-order valence-corrected chi connectivity index (χ0v) is 8.67. The predicted molar refractivity (Wildman–Crippen MR) is 55.0 cm³/mol. The van der Waals surface area contributed by atoms with Gasteiger partial charge in [0.1, 0.15) is 0 Å². The monoisotopic (exact) mass is 228 g/mol. The van der Waals surface area contributed by atoms with E-state index in [0.29, 0.717) is 17.9 Å². The van der Waals surface area contributed by atoms with Crippen LogP contribution in [0.4, 0.5) is 4.39 Å². The molecule has 80 valence electrons. The molecule has 0 radical (unpaired) electrons. The van der Waals surface area contributed by atoms with E-state index >= 15 is 0 Å². The van der Waals surface area contributed by atoms with Crippen molar-refractivity contribution in [1.82, 2.24) is 0 Å². The molecule has 0 fully saturated rings. The summed E-state index contributed by atoms with van der Waals surface area (Å²) in [5.41, 5.74) is 1.76. The number of carboxylic acids is 1. The third-order valence-corrected chi connectivity index (χ3v) is 3.05. The Morgan fingerprint density at radius 3 is 3.00 bits per heavy atom. The fourth-order valence-electron chi connectivity index (χ4n) is 2.10. The van der Waals surface area contributed by atoms with Gasteiger partial charge in [0.15, 0.2) is 0 Å². The van der Waals surface area contributed by atoms with E-state index in [9.17, 15) is 9.18 Å². The number of hydrogen-bond acceptors (Lipinski definition) is 1. The zero-order valence-electron chi connectivity index (χ0n) is 7.91. The molecule has 0 spiro atoms. The zero-order chi connectivity index (χ0) is 11.0. The lowest BCUT2D eigenvalue weighted by Crippen LogP contribution is -2.21. The van der Waals surface area contributed by atoms with E-state index in [1.807, 2.05) is 0 Å². The summed E-state index contributed by atoms with van der Waals surface area (Å²) in [7, 11) is 0. The van der Waals surface area contributed by atoms with Crippen LogP contribution in [0, 0.1) is 0 Å². The summed E-state index contributed by atoms with van der Waals surface area (Å²) in [5, 5.41) is 9.23. The second-order valence-electron chi connectivity index (χ2n) is 3.73. The molecule has 15 heavy (non-hydrogen) atoms. The van der Waals surface area contributed by atoms with Crippen LogP contribution < -0.4 is 0 Å². The lowest BCUT2D eigenvalue weighted by molar-refractivity contribution is -0.143. The molecular weight excluding hydrogens is 219 g/mol. The summed E-state index contributed by atoms with van der Waals surface area (Å²) in [6, 6.07) is 5.18. The first-order chi connectivity index (χ1) is 7.09. The number of fused-ring (bicyclic) bond motifs is 1. The normalized spacial score (nSPS) is 21.1. The van der Waals surface area contributed by atoms with Gasteiger partial charge >= 0.3 is 5.97 Å². The van der Waals surface area contributed by atoms with Crippen molar-refractivity contribution in [2.75, 3.05) is 0 Å². The largest absolute Gasteiger partial charge is 0.479 e. The minimum Gasteiger partial charge on any atom is -0.479 e. The van der Waals surface area contributed by atoms with Crippen LogP contribution >= 0.6 is 11.6 Å². The van der Waals surface area contributed by atoms with Crippen molar-refractivity contribution < 1.29 is 14.3 Å². The summed E-state index contributed by atoms with van der Waals surface area (Å²) >= 11 is 5.80. The molecule has 1 aliphatic rings. The van der Waals surface area contributed by atoms with Crippen LogP contribution in [0.15, 0.2) is 18.2 Å². The van der Waals surface area contributed by atoms with Crippen molar-refractivity contribution in [2.24, 2.45) is 0 Å². The van der Waals surface area contributed by atoms with Gasteiger partial charge in [-0.3, -0.25) is 0 Å². The minimum atomic E-state index is -1.81. The first kappa shape index (κ1) is 10.4. The molecule has 1 N–H and O–H groups in total. The molecule has 4 heteroatoms. The number of alkyl halides is 1. The summed E-state index contributed by atoms with van der Waals surface area (Å²) in [5.74, 6) is -1.91. The second-order valence-corrected chi connectivity index (χ2v) is 4.16. The molecule has 0 saturated heterocycles. The lowest BCUT2D eigenvalue weighted by Gasteiger charge is -2.12. The molecule has 0 aliphatic heterocycles. The maximum absolute atomic E-state index is 13.4. The van der Waals surface area contributed by atoms with Gasteiger partial charge in [-0.2, -0.15) is 0 Å². The van der Waals surface area contributed by atoms with Crippen molar-refractivity contribution in [3.63, 3.8) is 0 Å². The number of aryl methyl sites for hydroxylation is 1. The first-order valence-corrected chi connectivity index (χ1v) is 5.12. The molecule has 0 bridgehead atoms. The van der Waals surface area contributed by atoms with Crippen LogP contribution in [0.25, 0.3) is 0 Å². The predicted octanol–water partition coefficient (Wildman–Crippen LogP) is 2.79. The Bertz CT molecular complexity index is 406. The molecule has 2 nitrogen and oxygen atoms in total. The van der Waals surface area contributed by atoms with Crippen LogP contribution in [0.3, 0.4) is 0 Å². The van der Waals surface area contributed by atoms with Gasteiger partial charge in [-0.05, 0) is 36.1 Å². The average Bonchev–Trinajstić information content (AvgIpc) is 2.59. The van der Waals surface area contributed by atoms with Crippen molar-refractivity contribution in [2.45, 2.75) is 24.9 Å². The van der Waals surface area contributed by atoms with Crippen molar-refractivity contribution in [3.8, 4) is 0 Å². The molecule has 2 unspecified atom stereocenters. The maximum Gasteiger partial charge on any atom is 0.338 e. The molecule has 0 amide bonds. The van der Waals surface area contributed by atoms with Crippen molar-refractivity contribution in [3.05, 3.63) is 34.3 Å². The quantitative estimate of drug-likeness (QED) is 0.845. The summed E-state index contributed by atoms with van der Waals surface area (Å²) in [6.45, 7) is 0. The van der Waals surface area contributed by atoms with Gasteiger partial charge in [-0.15, -0.1) is 0 Å². The molecule has 2 atom stereocenters. The number of aliphatic carboxylic acids is 1. The van der Waals surface area contributed by atoms with E-state index < -0.39 is 18.1 Å². The highest BCUT2D eigenvalue weighted by molar-refractivity contribution is 6.30. The van der Waals surface area contributed by atoms with E-state index in [2.05, 4.69) is 0 Å². The molecule has 0 aromatic heterocycles. The highest BCUT2D eigenvalue weighted by atomic mass is 35.5. The summed E-state index contributed by atoms with van der Waals surface area (Å²) < 4.78 is 13.4. The summed E-state index contributed by atoms with van der Waals surface area (Å²) in [6.07, 6.45) is -0.565. The topological polar surface area (TPSA) is 37.3 Å². The number of carboxylic acid groups (broad SMARTS) is 1.